The average molecular weight is 297 g/mol. The van der Waals surface area contributed by atoms with Crippen molar-refractivity contribution in [1.29, 1.82) is 0 Å². The molecule has 20 heavy (non-hydrogen) atoms. The molecule has 1 heterocycles. The molecular weight excluding hydrogens is 278 g/mol. The van der Waals surface area contributed by atoms with Gasteiger partial charge in [-0.15, -0.1) is 0 Å². The van der Waals surface area contributed by atoms with Crippen molar-refractivity contribution < 1.29 is 14.7 Å². The number of carbonyl (C=O) groups excluding carboxylic acids is 1. The van der Waals surface area contributed by atoms with Crippen LogP contribution in [0.4, 0.5) is 0 Å². The minimum atomic E-state index is -0.999. The zero-order valence-corrected chi connectivity index (χ0v) is 12.4. The Morgan fingerprint density at radius 3 is 2.80 bits per heavy atom. The normalized spacial score (nSPS) is 15.9. The van der Waals surface area contributed by atoms with Crippen molar-refractivity contribution in [2.75, 3.05) is 12.0 Å². The van der Waals surface area contributed by atoms with Crippen LogP contribution in [0.5, 0.6) is 0 Å². The predicted molar refractivity (Wildman–Crippen MR) is 77.2 cm³/mol. The highest BCUT2D eigenvalue weighted by Crippen LogP contribution is 2.41. The van der Waals surface area contributed by atoms with Crippen LogP contribution in [0, 0.1) is 6.92 Å². The number of carboxylic acid groups (broad SMARTS) is 1. The zero-order valence-electron chi connectivity index (χ0n) is 11.6. The number of H-pyrrole nitrogens is 1. The number of nitrogens with one attached hydrogen (secondary N) is 2. The van der Waals surface area contributed by atoms with Crippen LogP contribution in [0.1, 0.15) is 46.9 Å². The molecule has 0 spiro atoms. The van der Waals surface area contributed by atoms with Gasteiger partial charge in [0.05, 0.1) is 11.3 Å². The van der Waals surface area contributed by atoms with Crippen LogP contribution in [-0.4, -0.2) is 45.2 Å². The lowest BCUT2D eigenvalue weighted by atomic mass is 10.1. The first kappa shape index (κ1) is 14.9. The van der Waals surface area contributed by atoms with Crippen LogP contribution in [-0.2, 0) is 4.79 Å². The number of aryl methyl sites for hydroxylation is 1. The molecule has 1 aliphatic rings. The van der Waals surface area contributed by atoms with Crippen LogP contribution < -0.4 is 5.32 Å². The molecule has 0 saturated heterocycles. The molecule has 1 aromatic heterocycles. The minimum Gasteiger partial charge on any atom is -0.480 e. The van der Waals surface area contributed by atoms with Crippen molar-refractivity contribution in [1.82, 2.24) is 15.5 Å². The number of aromatic amines is 1. The second kappa shape index (κ2) is 6.30. The van der Waals surface area contributed by atoms with Gasteiger partial charge < -0.3 is 10.4 Å². The molecule has 1 aromatic rings. The molecular formula is C13H19N3O3S. The molecule has 0 radical (unpaired) electrons. The number of amides is 1. The highest BCUT2D eigenvalue weighted by molar-refractivity contribution is 7.98. The van der Waals surface area contributed by atoms with Gasteiger partial charge in [0.1, 0.15) is 6.04 Å². The monoisotopic (exact) mass is 297 g/mol. The van der Waals surface area contributed by atoms with Crippen molar-refractivity contribution in [2.24, 2.45) is 0 Å². The van der Waals surface area contributed by atoms with E-state index in [1.54, 1.807) is 18.7 Å². The summed E-state index contributed by atoms with van der Waals surface area (Å²) in [4.78, 5) is 23.5. The summed E-state index contributed by atoms with van der Waals surface area (Å²) in [6.07, 6.45) is 4.41. The molecule has 1 atom stereocenters. The van der Waals surface area contributed by atoms with Gasteiger partial charge in [0.2, 0.25) is 0 Å². The van der Waals surface area contributed by atoms with E-state index in [0.29, 0.717) is 29.3 Å². The van der Waals surface area contributed by atoms with Crippen LogP contribution in [0.15, 0.2) is 0 Å². The summed E-state index contributed by atoms with van der Waals surface area (Å²) >= 11 is 1.56. The van der Waals surface area contributed by atoms with Gasteiger partial charge in [0, 0.05) is 11.6 Å². The Bertz CT molecular complexity index is 511. The first-order valence-corrected chi connectivity index (χ1v) is 8.01. The van der Waals surface area contributed by atoms with E-state index >= 15 is 0 Å². The summed E-state index contributed by atoms with van der Waals surface area (Å²) in [6.45, 7) is 1.78. The van der Waals surface area contributed by atoms with Crippen LogP contribution >= 0.6 is 11.8 Å². The van der Waals surface area contributed by atoms with E-state index in [2.05, 4.69) is 15.5 Å². The minimum absolute atomic E-state index is 0.341. The fraction of sp³-hybridized carbons (Fsp3) is 0.615. The van der Waals surface area contributed by atoms with Crippen LogP contribution in [0.3, 0.4) is 0 Å². The molecule has 0 aromatic carbocycles. The topological polar surface area (TPSA) is 95.1 Å². The number of hydrogen-bond acceptors (Lipinski definition) is 4. The Labute approximate surface area is 121 Å². The molecule has 7 heteroatoms. The average Bonchev–Trinajstić information content (AvgIpc) is 3.17. The maximum atomic E-state index is 12.3. The van der Waals surface area contributed by atoms with Gasteiger partial charge in [-0.25, -0.2) is 4.79 Å². The van der Waals surface area contributed by atoms with Gasteiger partial charge in [-0.05, 0) is 38.2 Å². The number of aliphatic carboxylic acids is 1. The first-order chi connectivity index (χ1) is 9.54. The lowest BCUT2D eigenvalue weighted by Crippen LogP contribution is -2.41. The number of thioether (sulfide) groups is 1. The standard InChI is InChI=1S/C13H19N3O3S/c1-7-10(11(16-15-7)8-3-4-8)12(17)14-9(13(18)19)5-6-20-2/h8-9H,3-6H2,1-2H3,(H,14,17)(H,15,16)(H,18,19)/t9-/m0/s1. The Morgan fingerprint density at radius 1 is 1.55 bits per heavy atom. The van der Waals surface area contributed by atoms with Gasteiger partial charge >= 0.3 is 5.97 Å². The molecule has 0 bridgehead atoms. The molecule has 0 aliphatic heterocycles. The summed E-state index contributed by atoms with van der Waals surface area (Å²) < 4.78 is 0. The van der Waals surface area contributed by atoms with Gasteiger partial charge in [0.25, 0.3) is 5.91 Å². The lowest BCUT2D eigenvalue weighted by Gasteiger charge is -2.14. The highest BCUT2D eigenvalue weighted by Gasteiger charge is 2.33. The number of carboxylic acids is 1. The zero-order chi connectivity index (χ0) is 14.7. The number of aromatic nitrogens is 2. The van der Waals surface area contributed by atoms with Gasteiger partial charge in [-0.1, -0.05) is 0 Å². The van der Waals surface area contributed by atoms with Crippen molar-refractivity contribution in [3.05, 3.63) is 17.0 Å². The third-order valence-corrected chi connectivity index (χ3v) is 4.02. The second-order valence-corrected chi connectivity index (χ2v) is 6.01. The van der Waals surface area contributed by atoms with Gasteiger partial charge in [-0.3, -0.25) is 9.89 Å². The number of nitrogens with zero attached hydrogens (tertiary/aromatic N) is 1. The molecule has 1 amide bonds. The number of hydrogen-bond donors (Lipinski definition) is 3. The van der Waals surface area contributed by atoms with Crippen molar-refractivity contribution in [3.63, 3.8) is 0 Å². The van der Waals surface area contributed by atoms with E-state index < -0.39 is 12.0 Å². The molecule has 0 unspecified atom stereocenters. The SMILES string of the molecule is CSCC[C@H](NC(=O)c1c(C2CC2)n[nH]c1C)C(=O)O. The Hall–Kier alpha value is -1.50. The highest BCUT2D eigenvalue weighted by atomic mass is 32.2. The van der Waals surface area contributed by atoms with Crippen LogP contribution in [0.2, 0.25) is 0 Å². The molecule has 1 fully saturated rings. The van der Waals surface area contributed by atoms with Crippen molar-refractivity contribution in [3.8, 4) is 0 Å². The molecule has 3 N–H and O–H groups in total. The molecule has 2 rings (SSSR count). The fourth-order valence-corrected chi connectivity index (χ4v) is 2.58. The number of rotatable bonds is 7. The molecule has 1 saturated carbocycles. The smallest absolute Gasteiger partial charge is 0.326 e. The lowest BCUT2D eigenvalue weighted by molar-refractivity contribution is -0.139. The summed E-state index contributed by atoms with van der Waals surface area (Å²) in [5.41, 5.74) is 1.98. The molecule has 110 valence electrons. The Balaban J connectivity index is 2.10. The van der Waals surface area contributed by atoms with Crippen molar-refractivity contribution in [2.45, 2.75) is 38.1 Å². The predicted octanol–water partition coefficient (Wildman–Crippen LogP) is 1.53. The Morgan fingerprint density at radius 2 is 2.25 bits per heavy atom. The second-order valence-electron chi connectivity index (χ2n) is 5.03. The first-order valence-electron chi connectivity index (χ1n) is 6.62. The van der Waals surface area contributed by atoms with E-state index in [-0.39, 0.29) is 5.91 Å². The van der Waals surface area contributed by atoms with Crippen molar-refractivity contribution >= 4 is 23.6 Å². The van der Waals surface area contributed by atoms with Gasteiger partial charge in [0.15, 0.2) is 0 Å². The third kappa shape index (κ3) is 3.33. The maximum absolute atomic E-state index is 12.3. The number of carbonyl (C=O) groups is 2. The van der Waals surface area contributed by atoms with E-state index in [1.165, 1.54) is 0 Å². The summed E-state index contributed by atoms with van der Waals surface area (Å²) in [5, 5.41) is 18.8. The van der Waals surface area contributed by atoms with Crippen LogP contribution in [0.25, 0.3) is 0 Å². The van der Waals surface area contributed by atoms with E-state index in [0.717, 1.165) is 18.5 Å². The Kier molecular flexibility index (Phi) is 4.69. The van der Waals surface area contributed by atoms with E-state index in [4.69, 9.17) is 5.11 Å². The summed E-state index contributed by atoms with van der Waals surface area (Å²) in [7, 11) is 0. The summed E-state index contributed by atoms with van der Waals surface area (Å²) in [5.74, 6) is -0.305. The largest absolute Gasteiger partial charge is 0.480 e. The van der Waals surface area contributed by atoms with E-state index in [1.807, 2.05) is 6.26 Å². The quantitative estimate of drug-likeness (QED) is 0.709. The molecule has 1 aliphatic carbocycles. The molecule has 6 nitrogen and oxygen atoms in total. The third-order valence-electron chi connectivity index (χ3n) is 3.38. The summed E-state index contributed by atoms with van der Waals surface area (Å²) in [6, 6.07) is -0.851. The maximum Gasteiger partial charge on any atom is 0.326 e. The fourth-order valence-electron chi connectivity index (χ4n) is 2.11. The van der Waals surface area contributed by atoms with Gasteiger partial charge in [-0.2, -0.15) is 16.9 Å². The van der Waals surface area contributed by atoms with E-state index in [9.17, 15) is 9.59 Å².